The van der Waals surface area contributed by atoms with Crippen molar-refractivity contribution in [1.82, 2.24) is 4.98 Å². The second-order valence-electron chi connectivity index (χ2n) is 2.36. The summed E-state index contributed by atoms with van der Waals surface area (Å²) in [7, 11) is -3.41. The van der Waals surface area contributed by atoms with Gasteiger partial charge in [-0.25, -0.2) is 12.8 Å². The molecule has 0 fully saturated rings. The molecule has 0 aliphatic carbocycles. The van der Waals surface area contributed by atoms with Crippen LogP contribution in [0, 0.1) is 5.82 Å². The van der Waals surface area contributed by atoms with E-state index in [2.05, 4.69) is 9.71 Å². The molecule has 0 aromatic carbocycles. The average Bonchev–Trinajstić information content (AvgIpc) is 2.09. The van der Waals surface area contributed by atoms with Gasteiger partial charge in [0.05, 0.1) is 17.6 Å². The fourth-order valence-electron chi connectivity index (χ4n) is 0.698. The van der Waals surface area contributed by atoms with E-state index in [1.807, 2.05) is 0 Å². The lowest BCUT2D eigenvalue weighted by molar-refractivity contribution is 0.599. The molecule has 72 valence electrons. The Morgan fingerprint density at radius 1 is 1.62 bits per heavy atom. The Kier molecular flexibility index (Phi) is 2.82. The summed E-state index contributed by atoms with van der Waals surface area (Å²) in [5.41, 5.74) is -0.0724. The zero-order valence-electron chi connectivity index (χ0n) is 6.99. The maximum Gasteiger partial charge on any atom is 0.232 e. The number of nitrogens with one attached hydrogen (secondary N) is 1. The first-order chi connectivity index (χ1) is 6.05. The zero-order chi connectivity index (χ0) is 9.90. The number of halogens is 1. The maximum absolute atomic E-state index is 12.9. The van der Waals surface area contributed by atoms with E-state index in [4.69, 9.17) is 0 Å². The molecule has 1 heterocycles. The normalized spacial score (nSPS) is 11.2. The molecule has 0 atom stereocenters. The van der Waals surface area contributed by atoms with Gasteiger partial charge in [-0.05, 0) is 13.0 Å². The quantitative estimate of drug-likeness (QED) is 0.798. The third kappa shape index (κ3) is 2.66. The van der Waals surface area contributed by atoms with Gasteiger partial charge in [0.15, 0.2) is 5.82 Å². The highest BCUT2D eigenvalue weighted by molar-refractivity contribution is 7.92. The van der Waals surface area contributed by atoms with Gasteiger partial charge in [-0.1, -0.05) is 0 Å². The van der Waals surface area contributed by atoms with Gasteiger partial charge in [-0.15, -0.1) is 0 Å². The van der Waals surface area contributed by atoms with Crippen LogP contribution in [0.5, 0.6) is 0 Å². The molecule has 0 aliphatic heterocycles. The predicted molar refractivity (Wildman–Crippen MR) is 47.3 cm³/mol. The molecule has 1 aromatic heterocycles. The van der Waals surface area contributed by atoms with Crippen molar-refractivity contribution in [2.45, 2.75) is 6.92 Å². The fraction of sp³-hybridized carbons (Fsp3) is 0.286. The SMILES string of the molecule is CCS(=O)(=O)Nc1ccncc1F. The summed E-state index contributed by atoms with van der Waals surface area (Å²) in [6, 6.07) is 1.27. The Morgan fingerprint density at radius 3 is 2.85 bits per heavy atom. The summed E-state index contributed by atoms with van der Waals surface area (Å²) in [4.78, 5) is 3.49. The number of hydrogen-bond donors (Lipinski definition) is 1. The van der Waals surface area contributed by atoms with Gasteiger partial charge >= 0.3 is 0 Å². The first-order valence-corrected chi connectivity index (χ1v) is 5.30. The number of rotatable bonds is 3. The molecule has 0 saturated carbocycles. The van der Waals surface area contributed by atoms with Crippen LogP contribution in [0.25, 0.3) is 0 Å². The van der Waals surface area contributed by atoms with Crippen LogP contribution in [0.4, 0.5) is 10.1 Å². The summed E-state index contributed by atoms with van der Waals surface area (Å²) < 4.78 is 37.0. The third-order valence-corrected chi connectivity index (χ3v) is 2.71. The fourth-order valence-corrected chi connectivity index (χ4v) is 1.34. The van der Waals surface area contributed by atoms with Crippen molar-refractivity contribution in [3.8, 4) is 0 Å². The van der Waals surface area contributed by atoms with E-state index in [1.54, 1.807) is 0 Å². The summed E-state index contributed by atoms with van der Waals surface area (Å²) in [6.07, 6.45) is 2.27. The van der Waals surface area contributed by atoms with Crippen molar-refractivity contribution < 1.29 is 12.8 Å². The molecular formula is C7H9FN2O2S. The molecule has 0 radical (unpaired) electrons. The average molecular weight is 204 g/mol. The monoisotopic (exact) mass is 204 g/mol. The number of nitrogens with zero attached hydrogens (tertiary/aromatic N) is 1. The lowest BCUT2D eigenvalue weighted by Crippen LogP contribution is -2.15. The molecule has 13 heavy (non-hydrogen) atoms. The van der Waals surface area contributed by atoms with Crippen LogP contribution in [0.15, 0.2) is 18.5 Å². The molecule has 1 N–H and O–H groups in total. The van der Waals surface area contributed by atoms with E-state index in [0.717, 1.165) is 6.20 Å². The Bertz CT molecular complexity index is 391. The summed E-state index contributed by atoms with van der Waals surface area (Å²) >= 11 is 0. The highest BCUT2D eigenvalue weighted by Gasteiger charge is 2.09. The van der Waals surface area contributed by atoms with Crippen molar-refractivity contribution in [3.05, 3.63) is 24.3 Å². The molecule has 4 nitrogen and oxygen atoms in total. The van der Waals surface area contributed by atoms with E-state index in [1.165, 1.54) is 19.2 Å². The number of sulfonamides is 1. The molecule has 0 spiro atoms. The summed E-state index contributed by atoms with van der Waals surface area (Å²) in [5, 5.41) is 0. The van der Waals surface area contributed by atoms with Crippen LogP contribution in [0.3, 0.4) is 0 Å². The standard InChI is InChI=1S/C7H9FN2O2S/c1-2-13(11,12)10-7-3-4-9-5-6(7)8/h3-5H,2H2,1H3,(H,9,10). The van der Waals surface area contributed by atoms with E-state index >= 15 is 0 Å². The van der Waals surface area contributed by atoms with Crippen molar-refractivity contribution in [2.75, 3.05) is 10.5 Å². The Labute approximate surface area is 75.9 Å². The van der Waals surface area contributed by atoms with Gasteiger partial charge in [-0.2, -0.15) is 0 Å². The first kappa shape index (κ1) is 9.91. The lowest BCUT2D eigenvalue weighted by Gasteiger charge is -2.05. The van der Waals surface area contributed by atoms with Gasteiger partial charge in [0.1, 0.15) is 0 Å². The second kappa shape index (κ2) is 3.69. The molecule has 0 saturated heterocycles. The van der Waals surface area contributed by atoms with Crippen LogP contribution in [0.2, 0.25) is 0 Å². The molecule has 1 rings (SSSR count). The van der Waals surface area contributed by atoms with E-state index in [0.29, 0.717) is 0 Å². The third-order valence-electron chi connectivity index (χ3n) is 1.42. The zero-order valence-corrected chi connectivity index (χ0v) is 7.81. The van der Waals surface area contributed by atoms with Gasteiger partial charge < -0.3 is 0 Å². The van der Waals surface area contributed by atoms with Crippen LogP contribution < -0.4 is 4.72 Å². The Morgan fingerprint density at radius 2 is 2.31 bits per heavy atom. The predicted octanol–water partition coefficient (Wildman–Crippen LogP) is 0.982. The molecule has 0 bridgehead atoms. The number of anilines is 1. The topological polar surface area (TPSA) is 59.1 Å². The van der Waals surface area contributed by atoms with Crippen LogP contribution in [0.1, 0.15) is 6.92 Å². The molecule has 0 aliphatic rings. The van der Waals surface area contributed by atoms with Gasteiger partial charge in [0, 0.05) is 6.20 Å². The van der Waals surface area contributed by atoms with Crippen LogP contribution in [-0.2, 0) is 10.0 Å². The van der Waals surface area contributed by atoms with Gasteiger partial charge in [0.2, 0.25) is 10.0 Å². The van der Waals surface area contributed by atoms with Crippen molar-refractivity contribution in [1.29, 1.82) is 0 Å². The molecule has 6 heteroatoms. The first-order valence-electron chi connectivity index (χ1n) is 3.65. The highest BCUT2D eigenvalue weighted by atomic mass is 32.2. The van der Waals surface area contributed by atoms with Gasteiger partial charge in [-0.3, -0.25) is 9.71 Å². The van der Waals surface area contributed by atoms with Crippen LogP contribution in [-0.4, -0.2) is 19.2 Å². The summed E-state index contributed by atoms with van der Waals surface area (Å²) in [6.45, 7) is 1.47. The van der Waals surface area contributed by atoms with Gasteiger partial charge in [0.25, 0.3) is 0 Å². The number of pyridine rings is 1. The molecule has 0 amide bonds. The lowest BCUT2D eigenvalue weighted by atomic mass is 10.4. The summed E-state index contributed by atoms with van der Waals surface area (Å²) in [5.74, 6) is -0.770. The smallest absolute Gasteiger partial charge is 0.232 e. The number of hydrogen-bond acceptors (Lipinski definition) is 3. The number of aromatic nitrogens is 1. The molecular weight excluding hydrogens is 195 g/mol. The van der Waals surface area contributed by atoms with E-state index in [9.17, 15) is 12.8 Å². The van der Waals surface area contributed by atoms with E-state index < -0.39 is 15.8 Å². The second-order valence-corrected chi connectivity index (χ2v) is 4.37. The van der Waals surface area contributed by atoms with Crippen molar-refractivity contribution in [2.24, 2.45) is 0 Å². The van der Waals surface area contributed by atoms with E-state index in [-0.39, 0.29) is 11.4 Å². The highest BCUT2D eigenvalue weighted by Crippen LogP contribution is 2.12. The Balaban J connectivity index is 2.93. The minimum atomic E-state index is -3.41. The van der Waals surface area contributed by atoms with Crippen molar-refractivity contribution in [3.63, 3.8) is 0 Å². The minimum Gasteiger partial charge on any atom is -0.280 e. The van der Waals surface area contributed by atoms with Crippen molar-refractivity contribution >= 4 is 15.7 Å². The Hall–Kier alpha value is -1.17. The maximum atomic E-state index is 12.9. The molecule has 1 aromatic rings. The minimum absolute atomic E-state index is 0.0724. The van der Waals surface area contributed by atoms with Crippen LogP contribution >= 0.6 is 0 Å². The molecule has 0 unspecified atom stereocenters. The largest absolute Gasteiger partial charge is 0.280 e.